The van der Waals surface area contributed by atoms with E-state index in [1.165, 1.54) is 0 Å². The molecule has 0 aliphatic carbocycles. The summed E-state index contributed by atoms with van der Waals surface area (Å²) >= 11 is 0. The quantitative estimate of drug-likeness (QED) is 0.651. The minimum Gasteiger partial charge on any atom is -0.493 e. The molecule has 0 aliphatic heterocycles. The summed E-state index contributed by atoms with van der Waals surface area (Å²) < 4.78 is 10.5. The molecule has 1 amide bonds. The number of carbonyl (C=O) groups excluding carboxylic acids is 1. The van der Waals surface area contributed by atoms with Crippen molar-refractivity contribution in [2.24, 2.45) is 0 Å². The molecular weight excluding hydrogens is 362 g/mol. The van der Waals surface area contributed by atoms with Gasteiger partial charge in [0.05, 0.1) is 14.2 Å². The second kappa shape index (κ2) is 10.0. The van der Waals surface area contributed by atoms with Gasteiger partial charge in [0.15, 0.2) is 11.5 Å². The number of ether oxygens (including phenoxy) is 2. The molecule has 0 atom stereocenters. The van der Waals surface area contributed by atoms with Gasteiger partial charge < -0.3 is 14.8 Å². The van der Waals surface area contributed by atoms with Crippen LogP contribution < -0.4 is 14.8 Å². The second-order valence-electron chi connectivity index (χ2n) is 6.39. The van der Waals surface area contributed by atoms with E-state index in [-0.39, 0.29) is 5.91 Å². The predicted octanol–water partition coefficient (Wildman–Crippen LogP) is 4.08. The Hall–Kier alpha value is -3.71. The Morgan fingerprint density at radius 3 is 2.14 bits per heavy atom. The fourth-order valence-corrected chi connectivity index (χ4v) is 2.83. The molecule has 0 unspecified atom stereocenters. The van der Waals surface area contributed by atoms with Gasteiger partial charge >= 0.3 is 0 Å². The van der Waals surface area contributed by atoms with Crippen LogP contribution in [0.5, 0.6) is 11.5 Å². The van der Waals surface area contributed by atoms with Crippen molar-refractivity contribution >= 4 is 5.91 Å². The average Bonchev–Trinajstić information content (AvgIpc) is 2.78. The molecule has 3 rings (SSSR count). The van der Waals surface area contributed by atoms with Gasteiger partial charge in [0.1, 0.15) is 0 Å². The van der Waals surface area contributed by atoms with E-state index in [0.717, 1.165) is 16.7 Å². The van der Waals surface area contributed by atoms with Gasteiger partial charge in [-0.05, 0) is 60.5 Å². The van der Waals surface area contributed by atoms with E-state index in [9.17, 15) is 4.79 Å². The van der Waals surface area contributed by atoms with Crippen LogP contribution >= 0.6 is 0 Å². The van der Waals surface area contributed by atoms with Gasteiger partial charge in [-0.25, -0.2) is 0 Å². The maximum Gasteiger partial charge on any atom is 0.251 e. The molecule has 0 saturated heterocycles. The predicted molar refractivity (Wildman–Crippen MR) is 114 cm³/mol. The van der Waals surface area contributed by atoms with E-state index in [1.807, 2.05) is 60.7 Å². The monoisotopic (exact) mass is 385 g/mol. The van der Waals surface area contributed by atoms with E-state index in [4.69, 9.17) is 9.47 Å². The summed E-state index contributed by atoms with van der Waals surface area (Å²) in [7, 11) is 3.22. The van der Waals surface area contributed by atoms with Crippen LogP contribution in [0.25, 0.3) is 0 Å². The first-order valence-electron chi connectivity index (χ1n) is 9.36. The van der Waals surface area contributed by atoms with Gasteiger partial charge in [-0.2, -0.15) is 0 Å². The van der Waals surface area contributed by atoms with Crippen LogP contribution in [-0.4, -0.2) is 26.7 Å². The van der Waals surface area contributed by atoms with Crippen molar-refractivity contribution in [1.82, 2.24) is 5.32 Å². The SMILES string of the molecule is COc1ccc(CCNC(=O)c2ccc(C#Cc3ccccc3)cc2)cc1OC. The van der Waals surface area contributed by atoms with Gasteiger partial charge in [-0.3, -0.25) is 4.79 Å². The second-order valence-corrected chi connectivity index (χ2v) is 6.39. The molecule has 0 spiro atoms. The van der Waals surface area contributed by atoms with Crippen molar-refractivity contribution in [3.63, 3.8) is 0 Å². The minimum absolute atomic E-state index is 0.104. The number of amides is 1. The van der Waals surface area contributed by atoms with Gasteiger partial charge in [-0.15, -0.1) is 0 Å². The van der Waals surface area contributed by atoms with Crippen LogP contribution in [0.2, 0.25) is 0 Å². The highest BCUT2D eigenvalue weighted by Gasteiger charge is 2.07. The summed E-state index contributed by atoms with van der Waals surface area (Å²) in [6.45, 7) is 0.532. The Balaban J connectivity index is 1.54. The molecule has 3 aromatic rings. The lowest BCUT2D eigenvalue weighted by atomic mass is 10.1. The summed E-state index contributed by atoms with van der Waals surface area (Å²) in [5, 5.41) is 2.94. The molecule has 4 nitrogen and oxygen atoms in total. The highest BCUT2D eigenvalue weighted by molar-refractivity contribution is 5.94. The molecule has 4 heteroatoms. The average molecular weight is 385 g/mol. The van der Waals surface area contributed by atoms with E-state index in [2.05, 4.69) is 17.2 Å². The van der Waals surface area contributed by atoms with E-state index in [0.29, 0.717) is 30.0 Å². The fourth-order valence-electron chi connectivity index (χ4n) is 2.83. The Bertz CT molecular complexity index is 1020. The number of carbonyl (C=O) groups is 1. The third-order valence-corrected chi connectivity index (χ3v) is 4.42. The molecule has 1 N–H and O–H groups in total. The molecular formula is C25H23NO3. The van der Waals surface area contributed by atoms with Crippen molar-refractivity contribution in [2.45, 2.75) is 6.42 Å². The summed E-state index contributed by atoms with van der Waals surface area (Å²) in [4.78, 5) is 12.4. The number of benzene rings is 3. The topological polar surface area (TPSA) is 47.6 Å². The van der Waals surface area contributed by atoms with Crippen LogP contribution in [0.3, 0.4) is 0 Å². The summed E-state index contributed by atoms with van der Waals surface area (Å²) in [6.07, 6.45) is 0.701. The lowest BCUT2D eigenvalue weighted by Gasteiger charge is -2.10. The lowest BCUT2D eigenvalue weighted by Crippen LogP contribution is -2.25. The summed E-state index contributed by atoms with van der Waals surface area (Å²) in [6, 6.07) is 22.9. The minimum atomic E-state index is -0.104. The van der Waals surface area contributed by atoms with Crippen LogP contribution in [0.15, 0.2) is 72.8 Å². The lowest BCUT2D eigenvalue weighted by molar-refractivity contribution is 0.0954. The Kier molecular flexibility index (Phi) is 6.91. The number of methoxy groups -OCH3 is 2. The number of hydrogen-bond donors (Lipinski definition) is 1. The van der Waals surface area contributed by atoms with Crippen LogP contribution in [0, 0.1) is 11.8 Å². The van der Waals surface area contributed by atoms with Gasteiger partial charge in [0.2, 0.25) is 0 Å². The first-order chi connectivity index (χ1) is 14.2. The van der Waals surface area contributed by atoms with E-state index >= 15 is 0 Å². The number of rotatable bonds is 6. The summed E-state index contributed by atoms with van der Waals surface area (Å²) in [5.74, 6) is 7.49. The largest absolute Gasteiger partial charge is 0.493 e. The highest BCUT2D eigenvalue weighted by Crippen LogP contribution is 2.27. The van der Waals surface area contributed by atoms with Crippen molar-refractivity contribution in [2.75, 3.05) is 20.8 Å². The van der Waals surface area contributed by atoms with Gasteiger partial charge in [0.25, 0.3) is 5.91 Å². The maximum absolute atomic E-state index is 12.4. The smallest absolute Gasteiger partial charge is 0.251 e. The fraction of sp³-hybridized carbons (Fsp3) is 0.160. The van der Waals surface area contributed by atoms with Crippen molar-refractivity contribution < 1.29 is 14.3 Å². The molecule has 0 fully saturated rings. The molecule has 0 bridgehead atoms. The molecule has 0 radical (unpaired) electrons. The van der Waals surface area contributed by atoms with Crippen LogP contribution in [0.4, 0.5) is 0 Å². The van der Waals surface area contributed by atoms with E-state index in [1.54, 1.807) is 26.4 Å². The first kappa shape index (κ1) is 20.0. The van der Waals surface area contributed by atoms with Crippen molar-refractivity contribution in [3.8, 4) is 23.3 Å². The van der Waals surface area contributed by atoms with Gasteiger partial charge in [-0.1, -0.05) is 36.1 Å². The van der Waals surface area contributed by atoms with Gasteiger partial charge in [0, 0.05) is 23.2 Å². The zero-order valence-corrected chi connectivity index (χ0v) is 16.6. The zero-order valence-electron chi connectivity index (χ0n) is 16.6. The molecule has 3 aromatic carbocycles. The molecule has 146 valence electrons. The molecule has 29 heavy (non-hydrogen) atoms. The van der Waals surface area contributed by atoms with Crippen molar-refractivity contribution in [3.05, 3.63) is 95.1 Å². The zero-order chi connectivity index (χ0) is 20.5. The summed E-state index contributed by atoms with van der Waals surface area (Å²) in [5.41, 5.74) is 3.51. The molecule has 0 saturated carbocycles. The maximum atomic E-state index is 12.4. The molecule has 0 heterocycles. The van der Waals surface area contributed by atoms with Crippen LogP contribution in [0.1, 0.15) is 27.0 Å². The third kappa shape index (κ3) is 5.63. The molecule has 0 aliphatic rings. The normalized spacial score (nSPS) is 9.86. The molecule has 0 aromatic heterocycles. The Labute approximate surface area is 171 Å². The first-order valence-corrected chi connectivity index (χ1v) is 9.36. The number of nitrogens with one attached hydrogen (secondary N) is 1. The highest BCUT2D eigenvalue weighted by atomic mass is 16.5. The van der Waals surface area contributed by atoms with Crippen LogP contribution in [-0.2, 0) is 6.42 Å². The third-order valence-electron chi connectivity index (χ3n) is 4.42. The Morgan fingerprint density at radius 1 is 0.828 bits per heavy atom. The Morgan fingerprint density at radius 2 is 1.48 bits per heavy atom. The van der Waals surface area contributed by atoms with Crippen molar-refractivity contribution in [1.29, 1.82) is 0 Å². The standard InChI is InChI=1S/C25H23NO3/c1-28-23-15-12-21(18-24(23)29-2)16-17-26-25(27)22-13-10-20(11-14-22)9-8-19-6-4-3-5-7-19/h3-7,10-15,18H,16-17H2,1-2H3,(H,26,27). The van der Waals surface area contributed by atoms with E-state index < -0.39 is 0 Å². The number of hydrogen-bond acceptors (Lipinski definition) is 3.